The molecular weight excluding hydrogens is 333 g/mol. The minimum atomic E-state index is -0.258. The summed E-state index contributed by atoms with van der Waals surface area (Å²) in [6.07, 6.45) is 0. The first-order chi connectivity index (χ1) is 9.90. The molecule has 0 saturated heterocycles. The molecule has 0 aliphatic carbocycles. The molecule has 0 heterocycles. The molecule has 0 saturated carbocycles. The summed E-state index contributed by atoms with van der Waals surface area (Å²) in [5.74, 6) is -0.422. The zero-order chi connectivity index (χ0) is 15.6. The first-order valence-electron chi connectivity index (χ1n) is 6.72. The Balaban J connectivity index is 2.18. The van der Waals surface area contributed by atoms with E-state index in [1.54, 1.807) is 19.1 Å². The van der Waals surface area contributed by atoms with Gasteiger partial charge < -0.3 is 5.32 Å². The summed E-state index contributed by atoms with van der Waals surface area (Å²) < 4.78 is 14.5. The number of carbonyl (C=O) groups excluding carboxylic acids is 1. The number of benzene rings is 2. The van der Waals surface area contributed by atoms with E-state index in [2.05, 4.69) is 21.2 Å². The summed E-state index contributed by atoms with van der Waals surface area (Å²) in [7, 11) is 0. The monoisotopic (exact) mass is 349 g/mol. The Kier molecular flexibility index (Phi) is 4.78. The molecule has 2 aromatic carbocycles. The molecule has 0 spiro atoms. The Morgan fingerprint density at radius 1 is 1.24 bits per heavy atom. The van der Waals surface area contributed by atoms with Crippen molar-refractivity contribution in [3.63, 3.8) is 0 Å². The van der Waals surface area contributed by atoms with Gasteiger partial charge in [-0.25, -0.2) is 4.39 Å². The van der Waals surface area contributed by atoms with Crippen LogP contribution < -0.4 is 5.32 Å². The van der Waals surface area contributed by atoms with E-state index in [-0.39, 0.29) is 17.8 Å². The third-order valence-electron chi connectivity index (χ3n) is 3.56. The Bertz CT molecular complexity index is 684. The molecule has 2 rings (SSSR count). The number of amides is 1. The van der Waals surface area contributed by atoms with Gasteiger partial charge in [-0.2, -0.15) is 0 Å². The Morgan fingerprint density at radius 3 is 2.62 bits per heavy atom. The number of nitrogens with one attached hydrogen (secondary N) is 1. The normalized spacial score (nSPS) is 12.0. The van der Waals surface area contributed by atoms with Crippen molar-refractivity contribution in [1.29, 1.82) is 0 Å². The minimum absolute atomic E-state index is 0.165. The predicted octanol–water partition coefficient (Wildman–Crippen LogP) is 4.70. The lowest BCUT2D eigenvalue weighted by Gasteiger charge is -2.16. The van der Waals surface area contributed by atoms with E-state index in [0.717, 1.165) is 15.6 Å². The molecule has 2 nitrogen and oxygen atoms in total. The zero-order valence-electron chi connectivity index (χ0n) is 12.2. The van der Waals surface area contributed by atoms with Gasteiger partial charge in [0.25, 0.3) is 5.91 Å². The summed E-state index contributed by atoms with van der Waals surface area (Å²) in [4.78, 5) is 12.3. The van der Waals surface area contributed by atoms with Crippen LogP contribution in [0.5, 0.6) is 0 Å². The molecule has 1 amide bonds. The Hall–Kier alpha value is -1.68. The molecule has 0 aliphatic heterocycles. The summed E-state index contributed by atoms with van der Waals surface area (Å²) in [6, 6.07) is 10.2. The molecule has 0 fully saturated rings. The SMILES string of the molecule is Cc1ccc(C(C)NC(=O)c2cccc(Br)c2C)cc1F. The second-order valence-corrected chi connectivity index (χ2v) is 5.97. The lowest BCUT2D eigenvalue weighted by atomic mass is 10.0. The maximum Gasteiger partial charge on any atom is 0.252 e. The lowest BCUT2D eigenvalue weighted by Crippen LogP contribution is -2.27. The van der Waals surface area contributed by atoms with Crippen LogP contribution in [0.4, 0.5) is 4.39 Å². The quantitative estimate of drug-likeness (QED) is 0.855. The maximum atomic E-state index is 13.6. The highest BCUT2D eigenvalue weighted by Crippen LogP contribution is 2.21. The van der Waals surface area contributed by atoms with Crippen LogP contribution in [0.1, 0.15) is 40.0 Å². The van der Waals surface area contributed by atoms with Crippen LogP contribution in [0.25, 0.3) is 0 Å². The third kappa shape index (κ3) is 3.50. The molecule has 0 radical (unpaired) electrons. The molecule has 4 heteroatoms. The fraction of sp³-hybridized carbons (Fsp3) is 0.235. The molecule has 1 unspecified atom stereocenters. The van der Waals surface area contributed by atoms with Crippen molar-refractivity contribution in [2.24, 2.45) is 0 Å². The number of hydrogen-bond acceptors (Lipinski definition) is 1. The molecule has 0 aliphatic rings. The highest BCUT2D eigenvalue weighted by atomic mass is 79.9. The van der Waals surface area contributed by atoms with Crippen molar-refractivity contribution >= 4 is 21.8 Å². The first kappa shape index (κ1) is 15.7. The molecule has 1 atom stereocenters. The van der Waals surface area contributed by atoms with Crippen LogP contribution in [-0.4, -0.2) is 5.91 Å². The van der Waals surface area contributed by atoms with Crippen LogP contribution >= 0.6 is 15.9 Å². The summed E-state index contributed by atoms with van der Waals surface area (Å²) in [5.41, 5.74) is 2.85. The second kappa shape index (κ2) is 6.39. The van der Waals surface area contributed by atoms with Crippen LogP contribution in [0.2, 0.25) is 0 Å². The van der Waals surface area contributed by atoms with Gasteiger partial charge in [0.2, 0.25) is 0 Å². The van der Waals surface area contributed by atoms with Crippen LogP contribution in [0, 0.1) is 19.7 Å². The van der Waals surface area contributed by atoms with Gasteiger partial charge in [-0.05, 0) is 55.7 Å². The average molecular weight is 350 g/mol. The van der Waals surface area contributed by atoms with E-state index in [1.165, 1.54) is 6.07 Å². The fourth-order valence-corrected chi connectivity index (χ4v) is 2.46. The molecule has 1 N–H and O–H groups in total. The van der Waals surface area contributed by atoms with Crippen molar-refractivity contribution in [3.8, 4) is 0 Å². The average Bonchev–Trinajstić information content (AvgIpc) is 2.44. The van der Waals surface area contributed by atoms with Crippen molar-refractivity contribution in [2.75, 3.05) is 0 Å². The number of halogens is 2. The van der Waals surface area contributed by atoms with Gasteiger partial charge in [0.15, 0.2) is 0 Å². The maximum absolute atomic E-state index is 13.6. The van der Waals surface area contributed by atoms with E-state index in [0.29, 0.717) is 11.1 Å². The zero-order valence-corrected chi connectivity index (χ0v) is 13.8. The smallest absolute Gasteiger partial charge is 0.252 e. The largest absolute Gasteiger partial charge is 0.346 e. The summed E-state index contributed by atoms with van der Waals surface area (Å²) >= 11 is 3.41. The van der Waals surface area contributed by atoms with E-state index >= 15 is 0 Å². The van der Waals surface area contributed by atoms with Crippen molar-refractivity contribution in [2.45, 2.75) is 26.8 Å². The number of rotatable bonds is 3. The third-order valence-corrected chi connectivity index (χ3v) is 4.41. The van der Waals surface area contributed by atoms with Crippen LogP contribution in [0.15, 0.2) is 40.9 Å². The topological polar surface area (TPSA) is 29.1 Å². The van der Waals surface area contributed by atoms with Crippen molar-refractivity contribution in [1.82, 2.24) is 5.32 Å². The Morgan fingerprint density at radius 2 is 1.95 bits per heavy atom. The fourth-order valence-electron chi connectivity index (χ4n) is 2.09. The van der Waals surface area contributed by atoms with Gasteiger partial charge in [0, 0.05) is 10.0 Å². The molecule has 0 aromatic heterocycles. The van der Waals surface area contributed by atoms with Gasteiger partial charge in [0.05, 0.1) is 6.04 Å². The molecule has 110 valence electrons. The molecular formula is C17H17BrFNO. The lowest BCUT2D eigenvalue weighted by molar-refractivity contribution is 0.0939. The van der Waals surface area contributed by atoms with Gasteiger partial charge in [-0.3, -0.25) is 4.79 Å². The molecule has 2 aromatic rings. The number of aryl methyl sites for hydroxylation is 1. The highest BCUT2D eigenvalue weighted by Gasteiger charge is 2.15. The van der Waals surface area contributed by atoms with Gasteiger partial charge in [-0.15, -0.1) is 0 Å². The summed E-state index contributed by atoms with van der Waals surface area (Å²) in [6.45, 7) is 5.44. The van der Waals surface area contributed by atoms with E-state index in [4.69, 9.17) is 0 Å². The standard InChI is InChI=1S/C17H17BrFNO/c1-10-7-8-13(9-16(10)19)12(3)20-17(21)14-5-4-6-15(18)11(14)2/h4-9,12H,1-3H3,(H,20,21). The number of carbonyl (C=O) groups is 1. The Labute approximate surface area is 132 Å². The highest BCUT2D eigenvalue weighted by molar-refractivity contribution is 9.10. The van der Waals surface area contributed by atoms with Gasteiger partial charge >= 0.3 is 0 Å². The van der Waals surface area contributed by atoms with Crippen LogP contribution in [0.3, 0.4) is 0 Å². The predicted molar refractivity (Wildman–Crippen MR) is 85.9 cm³/mol. The van der Waals surface area contributed by atoms with Gasteiger partial charge in [-0.1, -0.05) is 34.1 Å². The second-order valence-electron chi connectivity index (χ2n) is 5.12. The van der Waals surface area contributed by atoms with Crippen LogP contribution in [-0.2, 0) is 0 Å². The minimum Gasteiger partial charge on any atom is -0.346 e. The van der Waals surface area contributed by atoms with E-state index < -0.39 is 0 Å². The molecule has 21 heavy (non-hydrogen) atoms. The van der Waals surface area contributed by atoms with Gasteiger partial charge in [0.1, 0.15) is 5.82 Å². The summed E-state index contributed by atoms with van der Waals surface area (Å²) in [5, 5.41) is 2.90. The number of hydrogen-bond donors (Lipinski definition) is 1. The van der Waals surface area contributed by atoms with E-state index in [9.17, 15) is 9.18 Å². The molecule has 0 bridgehead atoms. The first-order valence-corrected chi connectivity index (χ1v) is 7.51. The van der Waals surface area contributed by atoms with E-state index in [1.807, 2.05) is 32.0 Å². The van der Waals surface area contributed by atoms with Crippen molar-refractivity contribution < 1.29 is 9.18 Å². The van der Waals surface area contributed by atoms with Crippen molar-refractivity contribution in [3.05, 3.63) is 68.9 Å².